The lowest BCUT2D eigenvalue weighted by Gasteiger charge is -2.34. The number of aromatic nitrogens is 2. The average Bonchev–Trinajstić information content (AvgIpc) is 3.15. The highest BCUT2D eigenvalue weighted by molar-refractivity contribution is 6.15. The minimum Gasteiger partial charge on any atom is -0.331 e. The molecule has 5 rings (SSSR count). The van der Waals surface area contributed by atoms with Crippen molar-refractivity contribution in [3.05, 3.63) is 93.8 Å². The van der Waals surface area contributed by atoms with Crippen LogP contribution in [0.15, 0.2) is 59.9 Å². The van der Waals surface area contributed by atoms with E-state index in [0.29, 0.717) is 19.5 Å². The second kappa shape index (κ2) is 6.92. The van der Waals surface area contributed by atoms with Gasteiger partial charge in [-0.25, -0.2) is 0 Å². The summed E-state index contributed by atoms with van der Waals surface area (Å²) in [7, 11) is 0. The molecule has 0 spiro atoms. The molecule has 1 amide bonds. The Morgan fingerprint density at radius 2 is 1.83 bits per heavy atom. The van der Waals surface area contributed by atoms with Gasteiger partial charge in [0.2, 0.25) is 5.91 Å². The Balaban J connectivity index is 1.47. The number of nitrogens with zero attached hydrogens (tertiary/aromatic N) is 4. The number of fused-ring (bicyclic) bond motifs is 2. The highest BCUT2D eigenvalue weighted by atomic mass is 16.2. The van der Waals surface area contributed by atoms with Crippen LogP contribution in [0.2, 0.25) is 0 Å². The normalized spacial score (nSPS) is 16.3. The van der Waals surface area contributed by atoms with Crippen LogP contribution in [0.25, 0.3) is 0 Å². The Morgan fingerprint density at radius 1 is 1.00 bits per heavy atom. The molecular formula is C24H22N4O. The summed E-state index contributed by atoms with van der Waals surface area (Å²) in [5.41, 5.74) is 9.01. The molecule has 144 valence electrons. The maximum atomic E-state index is 12.9. The zero-order valence-corrected chi connectivity index (χ0v) is 16.6. The van der Waals surface area contributed by atoms with E-state index in [-0.39, 0.29) is 11.9 Å². The van der Waals surface area contributed by atoms with E-state index in [1.165, 1.54) is 22.3 Å². The molecule has 5 heteroatoms. The first kappa shape index (κ1) is 17.7. The van der Waals surface area contributed by atoms with Crippen molar-refractivity contribution in [3.8, 4) is 0 Å². The van der Waals surface area contributed by atoms with E-state index >= 15 is 0 Å². The molecule has 3 aromatic rings. The first-order valence-electron chi connectivity index (χ1n) is 9.93. The topological polar surface area (TPSA) is 58.5 Å². The van der Waals surface area contributed by atoms with Gasteiger partial charge in [0.15, 0.2) is 0 Å². The second-order valence-electron chi connectivity index (χ2n) is 7.86. The smallest absolute Gasteiger partial charge is 0.227 e. The lowest BCUT2D eigenvalue weighted by molar-refractivity contribution is -0.134. The number of carbonyl (C=O) groups excluding carboxylic acids is 1. The molecule has 0 fully saturated rings. The minimum atomic E-state index is 0.0436. The summed E-state index contributed by atoms with van der Waals surface area (Å²) in [5.74, 6) is 0.183. The number of amides is 1. The van der Waals surface area contributed by atoms with Gasteiger partial charge in [0.25, 0.3) is 0 Å². The van der Waals surface area contributed by atoms with Crippen molar-refractivity contribution in [2.24, 2.45) is 4.99 Å². The molecule has 0 saturated heterocycles. The molecule has 1 atom stereocenters. The largest absolute Gasteiger partial charge is 0.331 e. The van der Waals surface area contributed by atoms with Crippen molar-refractivity contribution >= 4 is 11.6 Å². The maximum absolute atomic E-state index is 12.9. The minimum absolute atomic E-state index is 0.0436. The second-order valence-corrected chi connectivity index (χ2v) is 7.86. The van der Waals surface area contributed by atoms with E-state index in [0.717, 1.165) is 22.4 Å². The summed E-state index contributed by atoms with van der Waals surface area (Å²) >= 11 is 0. The van der Waals surface area contributed by atoms with Crippen LogP contribution in [-0.4, -0.2) is 26.7 Å². The quantitative estimate of drug-likeness (QED) is 0.693. The monoisotopic (exact) mass is 382 g/mol. The molecule has 5 nitrogen and oxygen atoms in total. The predicted molar refractivity (Wildman–Crippen MR) is 112 cm³/mol. The van der Waals surface area contributed by atoms with E-state index in [1.807, 2.05) is 11.0 Å². The summed E-state index contributed by atoms with van der Waals surface area (Å²) in [6, 6.07) is 14.8. The summed E-state index contributed by atoms with van der Waals surface area (Å²) in [6.45, 7) is 5.46. The molecule has 0 radical (unpaired) electrons. The van der Waals surface area contributed by atoms with Crippen LogP contribution in [-0.2, 0) is 24.3 Å². The molecule has 29 heavy (non-hydrogen) atoms. The van der Waals surface area contributed by atoms with Gasteiger partial charge in [-0.05, 0) is 48.2 Å². The van der Waals surface area contributed by atoms with Crippen molar-refractivity contribution in [1.29, 1.82) is 0 Å². The Hall–Kier alpha value is -3.34. The molecule has 2 aromatic carbocycles. The third-order valence-corrected chi connectivity index (χ3v) is 5.98. The first-order chi connectivity index (χ1) is 14.1. The van der Waals surface area contributed by atoms with Gasteiger partial charge in [-0.1, -0.05) is 35.9 Å². The Bertz CT molecular complexity index is 1120. The maximum Gasteiger partial charge on any atom is 0.227 e. The molecule has 0 N–H and O–H groups in total. The number of aryl methyl sites for hydroxylation is 1. The molecular weight excluding hydrogens is 360 g/mol. The molecule has 1 aromatic heterocycles. The van der Waals surface area contributed by atoms with Gasteiger partial charge in [-0.2, -0.15) is 10.2 Å². The van der Waals surface area contributed by atoms with Gasteiger partial charge >= 0.3 is 0 Å². The number of hydrogen-bond acceptors (Lipinski definition) is 4. The number of aliphatic imine (C=N–C) groups is 1. The fourth-order valence-corrected chi connectivity index (χ4v) is 4.24. The number of hydrogen-bond donors (Lipinski definition) is 0. The lowest BCUT2D eigenvalue weighted by Crippen LogP contribution is -2.38. The molecule has 3 heterocycles. The van der Waals surface area contributed by atoms with E-state index in [9.17, 15) is 4.79 Å². The van der Waals surface area contributed by atoms with Crippen molar-refractivity contribution < 1.29 is 4.79 Å². The van der Waals surface area contributed by atoms with E-state index < -0.39 is 0 Å². The molecule has 0 aliphatic carbocycles. The van der Waals surface area contributed by atoms with Crippen molar-refractivity contribution in [1.82, 2.24) is 15.1 Å². The van der Waals surface area contributed by atoms with Gasteiger partial charge in [-0.3, -0.25) is 9.79 Å². The number of carbonyl (C=O) groups is 1. The van der Waals surface area contributed by atoms with Crippen LogP contribution in [0, 0.1) is 6.92 Å². The molecule has 0 bridgehead atoms. The summed E-state index contributed by atoms with van der Waals surface area (Å²) in [4.78, 5) is 19.6. The third-order valence-electron chi connectivity index (χ3n) is 5.98. The fraction of sp³-hybridized carbons (Fsp3) is 0.250. The Kier molecular flexibility index (Phi) is 4.23. The molecule has 0 saturated carbocycles. The van der Waals surface area contributed by atoms with Crippen LogP contribution in [0.5, 0.6) is 0 Å². The van der Waals surface area contributed by atoms with E-state index in [4.69, 9.17) is 4.99 Å². The van der Waals surface area contributed by atoms with Crippen molar-refractivity contribution in [2.45, 2.75) is 39.4 Å². The lowest BCUT2D eigenvalue weighted by atomic mass is 9.90. The Morgan fingerprint density at radius 3 is 2.59 bits per heavy atom. The summed E-state index contributed by atoms with van der Waals surface area (Å²) in [6.07, 6.45) is 3.89. The highest BCUT2D eigenvalue weighted by Crippen LogP contribution is 2.33. The zero-order valence-electron chi connectivity index (χ0n) is 16.6. The van der Waals surface area contributed by atoms with Gasteiger partial charge in [0, 0.05) is 17.7 Å². The van der Waals surface area contributed by atoms with Crippen LogP contribution in [0.1, 0.15) is 51.9 Å². The van der Waals surface area contributed by atoms with Gasteiger partial charge in [0.05, 0.1) is 37.1 Å². The molecule has 2 aliphatic rings. The van der Waals surface area contributed by atoms with Crippen LogP contribution < -0.4 is 0 Å². The van der Waals surface area contributed by atoms with Crippen molar-refractivity contribution in [2.75, 3.05) is 0 Å². The summed E-state index contributed by atoms with van der Waals surface area (Å²) in [5, 5.41) is 7.86. The standard InChI is InChI=1S/C24H22N4O/c1-15-3-5-17(6-4-15)16(2)28-14-21-10-22-20(9-19(21)11-23(28)29)12-25-24(22)18-7-8-26-27-13-18/h3-10,13,16H,11-12,14H2,1-2H3/t16-/m1/s1. The summed E-state index contributed by atoms with van der Waals surface area (Å²) < 4.78 is 0. The number of rotatable bonds is 3. The molecule has 2 aliphatic heterocycles. The van der Waals surface area contributed by atoms with Gasteiger partial charge in [0.1, 0.15) is 0 Å². The first-order valence-corrected chi connectivity index (χ1v) is 9.93. The van der Waals surface area contributed by atoms with Crippen LogP contribution in [0.3, 0.4) is 0 Å². The predicted octanol–water partition coefficient (Wildman–Crippen LogP) is 3.78. The van der Waals surface area contributed by atoms with E-state index in [1.54, 1.807) is 12.4 Å². The zero-order chi connectivity index (χ0) is 20.0. The van der Waals surface area contributed by atoms with Crippen molar-refractivity contribution in [3.63, 3.8) is 0 Å². The van der Waals surface area contributed by atoms with Crippen LogP contribution >= 0.6 is 0 Å². The Labute approximate surface area is 170 Å². The molecule has 0 unspecified atom stereocenters. The number of benzene rings is 2. The highest BCUT2D eigenvalue weighted by Gasteiger charge is 2.30. The fourth-order valence-electron chi connectivity index (χ4n) is 4.24. The SMILES string of the molecule is Cc1ccc([C@@H](C)N2Cc3cc4c(cc3CC2=O)CN=C4c2ccnnc2)cc1. The van der Waals surface area contributed by atoms with Crippen LogP contribution in [0.4, 0.5) is 0 Å². The van der Waals surface area contributed by atoms with E-state index in [2.05, 4.69) is 60.4 Å². The third kappa shape index (κ3) is 3.12. The van der Waals surface area contributed by atoms with Gasteiger partial charge < -0.3 is 4.90 Å². The van der Waals surface area contributed by atoms with Gasteiger partial charge in [-0.15, -0.1) is 0 Å². The average molecular weight is 382 g/mol.